The zero-order chi connectivity index (χ0) is 11.0. The molecular weight excluding hydrogens is 179 g/mol. The standard InChI is InChI=1S/C10H13FO.C2H6/c1-3-8-5-6-9(11)7-10(8)12-4-2;1-2/h5-7H,3-4H2,1-2H3;1-2H3. The van der Waals surface area contributed by atoms with Gasteiger partial charge in [0, 0.05) is 6.07 Å². The van der Waals surface area contributed by atoms with Crippen molar-refractivity contribution in [2.45, 2.75) is 34.1 Å². The summed E-state index contributed by atoms with van der Waals surface area (Å²) in [6.45, 7) is 8.50. The summed E-state index contributed by atoms with van der Waals surface area (Å²) < 4.78 is 18.0. The topological polar surface area (TPSA) is 9.23 Å². The molecule has 0 saturated carbocycles. The minimum atomic E-state index is -0.240. The van der Waals surface area contributed by atoms with Crippen LogP contribution in [-0.4, -0.2) is 6.61 Å². The molecule has 0 heterocycles. The fourth-order valence-corrected chi connectivity index (χ4v) is 1.11. The Bertz CT molecular complexity index is 258. The lowest BCUT2D eigenvalue weighted by molar-refractivity contribution is 0.335. The first-order chi connectivity index (χ1) is 6.77. The van der Waals surface area contributed by atoms with Gasteiger partial charge >= 0.3 is 0 Å². The number of hydrogen-bond donors (Lipinski definition) is 0. The average Bonchev–Trinajstić information content (AvgIpc) is 2.22. The van der Waals surface area contributed by atoms with E-state index in [2.05, 4.69) is 0 Å². The molecule has 80 valence electrons. The predicted octanol–water partition coefficient (Wildman–Crippen LogP) is 3.81. The highest BCUT2D eigenvalue weighted by molar-refractivity contribution is 5.33. The van der Waals surface area contributed by atoms with Gasteiger partial charge in [0.1, 0.15) is 11.6 Å². The minimum absolute atomic E-state index is 0.240. The molecule has 0 aliphatic heterocycles. The lowest BCUT2D eigenvalue weighted by Crippen LogP contribution is -1.96. The number of hydrogen-bond acceptors (Lipinski definition) is 1. The molecule has 0 bridgehead atoms. The van der Waals surface area contributed by atoms with Crippen LogP contribution in [0.5, 0.6) is 5.75 Å². The predicted molar refractivity (Wildman–Crippen MR) is 58.3 cm³/mol. The minimum Gasteiger partial charge on any atom is -0.493 e. The summed E-state index contributed by atoms with van der Waals surface area (Å²) in [6.07, 6.45) is 0.871. The van der Waals surface area contributed by atoms with Crippen LogP contribution in [0.25, 0.3) is 0 Å². The van der Waals surface area contributed by atoms with Gasteiger partial charge in [-0.3, -0.25) is 0 Å². The van der Waals surface area contributed by atoms with E-state index in [1.165, 1.54) is 12.1 Å². The van der Waals surface area contributed by atoms with E-state index in [9.17, 15) is 4.39 Å². The van der Waals surface area contributed by atoms with Crippen molar-refractivity contribution in [1.29, 1.82) is 0 Å². The molecule has 1 rings (SSSR count). The van der Waals surface area contributed by atoms with Gasteiger partial charge in [0.2, 0.25) is 0 Å². The van der Waals surface area contributed by atoms with Crippen molar-refractivity contribution >= 4 is 0 Å². The summed E-state index contributed by atoms with van der Waals surface area (Å²) in [5.74, 6) is 0.427. The lowest BCUT2D eigenvalue weighted by atomic mass is 10.1. The van der Waals surface area contributed by atoms with E-state index < -0.39 is 0 Å². The second-order valence-corrected chi connectivity index (χ2v) is 2.54. The largest absolute Gasteiger partial charge is 0.493 e. The Balaban J connectivity index is 0.000000791. The molecule has 0 unspecified atom stereocenters. The van der Waals surface area contributed by atoms with Gasteiger partial charge in [0.25, 0.3) is 0 Å². The molecule has 0 aliphatic carbocycles. The van der Waals surface area contributed by atoms with Crippen LogP contribution in [0.15, 0.2) is 18.2 Å². The number of halogens is 1. The van der Waals surface area contributed by atoms with Gasteiger partial charge in [-0.2, -0.15) is 0 Å². The van der Waals surface area contributed by atoms with E-state index in [-0.39, 0.29) is 5.82 Å². The molecule has 0 radical (unpaired) electrons. The smallest absolute Gasteiger partial charge is 0.126 e. The second kappa shape index (κ2) is 7.36. The third-order valence-corrected chi connectivity index (χ3v) is 1.71. The van der Waals surface area contributed by atoms with Crippen molar-refractivity contribution in [2.75, 3.05) is 6.61 Å². The maximum absolute atomic E-state index is 12.7. The van der Waals surface area contributed by atoms with E-state index >= 15 is 0 Å². The molecule has 0 atom stereocenters. The van der Waals surface area contributed by atoms with Gasteiger partial charge in [-0.1, -0.05) is 26.8 Å². The Hall–Kier alpha value is -1.05. The van der Waals surface area contributed by atoms with E-state index in [0.717, 1.165) is 12.0 Å². The van der Waals surface area contributed by atoms with Crippen LogP contribution in [0.2, 0.25) is 0 Å². The molecule has 0 aliphatic rings. The molecule has 0 aromatic heterocycles. The van der Waals surface area contributed by atoms with Crippen molar-refractivity contribution in [3.63, 3.8) is 0 Å². The van der Waals surface area contributed by atoms with E-state index in [1.807, 2.05) is 27.7 Å². The van der Waals surface area contributed by atoms with Crippen LogP contribution in [0.3, 0.4) is 0 Å². The maximum atomic E-state index is 12.7. The Kier molecular flexibility index (Phi) is 6.81. The molecule has 0 saturated heterocycles. The fourth-order valence-electron chi connectivity index (χ4n) is 1.11. The summed E-state index contributed by atoms with van der Waals surface area (Å²) in [4.78, 5) is 0. The van der Waals surface area contributed by atoms with E-state index in [0.29, 0.717) is 12.4 Å². The summed E-state index contributed by atoms with van der Waals surface area (Å²) in [5.41, 5.74) is 1.05. The molecule has 1 nitrogen and oxygen atoms in total. The quantitative estimate of drug-likeness (QED) is 0.717. The molecule has 1 aromatic carbocycles. The van der Waals surface area contributed by atoms with Crippen molar-refractivity contribution in [2.24, 2.45) is 0 Å². The monoisotopic (exact) mass is 198 g/mol. The molecule has 0 fully saturated rings. The van der Waals surface area contributed by atoms with Gasteiger partial charge in [-0.05, 0) is 25.0 Å². The second-order valence-electron chi connectivity index (χ2n) is 2.54. The number of ether oxygens (including phenoxy) is 1. The van der Waals surface area contributed by atoms with E-state index in [1.54, 1.807) is 6.07 Å². The lowest BCUT2D eigenvalue weighted by Gasteiger charge is -2.07. The highest BCUT2D eigenvalue weighted by Crippen LogP contribution is 2.20. The first-order valence-corrected chi connectivity index (χ1v) is 5.19. The van der Waals surface area contributed by atoms with Gasteiger partial charge in [-0.15, -0.1) is 0 Å². The maximum Gasteiger partial charge on any atom is 0.126 e. The fraction of sp³-hybridized carbons (Fsp3) is 0.500. The Labute approximate surface area is 85.9 Å². The zero-order valence-electron chi connectivity index (χ0n) is 9.43. The van der Waals surface area contributed by atoms with Crippen molar-refractivity contribution in [3.8, 4) is 5.75 Å². The van der Waals surface area contributed by atoms with Crippen LogP contribution < -0.4 is 4.74 Å². The number of rotatable bonds is 3. The van der Waals surface area contributed by atoms with Gasteiger partial charge in [0.15, 0.2) is 0 Å². The average molecular weight is 198 g/mol. The Morgan fingerprint density at radius 2 is 1.86 bits per heavy atom. The van der Waals surface area contributed by atoms with Crippen LogP contribution in [0.4, 0.5) is 4.39 Å². The van der Waals surface area contributed by atoms with Gasteiger partial charge < -0.3 is 4.74 Å². The Morgan fingerprint density at radius 3 is 2.36 bits per heavy atom. The summed E-state index contributed by atoms with van der Waals surface area (Å²) >= 11 is 0. The van der Waals surface area contributed by atoms with Crippen LogP contribution in [0.1, 0.15) is 33.3 Å². The van der Waals surface area contributed by atoms with Crippen molar-refractivity contribution in [3.05, 3.63) is 29.6 Å². The van der Waals surface area contributed by atoms with Gasteiger partial charge in [-0.25, -0.2) is 4.39 Å². The molecule has 0 spiro atoms. The molecule has 0 N–H and O–H groups in total. The van der Waals surface area contributed by atoms with Crippen LogP contribution >= 0.6 is 0 Å². The highest BCUT2D eigenvalue weighted by Gasteiger charge is 2.01. The first kappa shape index (κ1) is 12.9. The van der Waals surface area contributed by atoms with Crippen molar-refractivity contribution < 1.29 is 9.13 Å². The molecule has 14 heavy (non-hydrogen) atoms. The van der Waals surface area contributed by atoms with Gasteiger partial charge in [0.05, 0.1) is 6.61 Å². The summed E-state index contributed by atoms with van der Waals surface area (Å²) in [7, 11) is 0. The first-order valence-electron chi connectivity index (χ1n) is 5.19. The normalized spacial score (nSPS) is 8.93. The molecular formula is C12H19FO. The molecule has 2 heteroatoms. The highest BCUT2D eigenvalue weighted by atomic mass is 19.1. The third-order valence-electron chi connectivity index (χ3n) is 1.71. The Morgan fingerprint density at radius 1 is 1.21 bits per heavy atom. The zero-order valence-corrected chi connectivity index (χ0v) is 9.43. The summed E-state index contributed by atoms with van der Waals surface area (Å²) in [6, 6.07) is 4.66. The van der Waals surface area contributed by atoms with E-state index in [4.69, 9.17) is 4.74 Å². The number of aryl methyl sites for hydroxylation is 1. The SMILES string of the molecule is CC.CCOc1cc(F)ccc1CC. The molecule has 1 aromatic rings. The molecule has 0 amide bonds. The van der Waals surface area contributed by atoms with Crippen LogP contribution in [0, 0.1) is 5.82 Å². The van der Waals surface area contributed by atoms with Crippen molar-refractivity contribution in [1.82, 2.24) is 0 Å². The summed E-state index contributed by atoms with van der Waals surface area (Å²) in [5, 5.41) is 0. The third kappa shape index (κ3) is 3.77. The van der Waals surface area contributed by atoms with Crippen LogP contribution in [-0.2, 0) is 6.42 Å². The number of benzene rings is 1.